The van der Waals surface area contributed by atoms with Gasteiger partial charge in [-0.2, -0.15) is 0 Å². The molecule has 1 fully saturated rings. The molecule has 4 rings (SSSR count). The summed E-state index contributed by atoms with van der Waals surface area (Å²) in [6, 6.07) is 0. The molecule has 2 atom stereocenters. The highest BCUT2D eigenvalue weighted by Crippen LogP contribution is 2.35. The summed E-state index contributed by atoms with van der Waals surface area (Å²) in [4.78, 5) is 39.4. The molecular weight excluding hydrogens is 366 g/mol. The quantitative estimate of drug-likeness (QED) is 0.764. The Morgan fingerprint density at radius 3 is 3.11 bits per heavy atom. The van der Waals surface area contributed by atoms with Crippen molar-refractivity contribution in [1.82, 2.24) is 15.4 Å². The van der Waals surface area contributed by atoms with Gasteiger partial charge in [0.05, 0.1) is 5.39 Å². The number of hydrogen-bond acceptors (Lipinski definition) is 6. The fourth-order valence-electron chi connectivity index (χ4n) is 3.73. The van der Waals surface area contributed by atoms with E-state index in [4.69, 9.17) is 9.57 Å². The lowest BCUT2D eigenvalue weighted by molar-refractivity contribution is -0.200. The molecule has 2 aromatic heterocycles. The van der Waals surface area contributed by atoms with Crippen LogP contribution in [-0.4, -0.2) is 28.8 Å². The molecule has 0 bridgehead atoms. The van der Waals surface area contributed by atoms with Crippen molar-refractivity contribution >= 4 is 27.5 Å². The fraction of sp³-hybridized carbons (Fsp3) is 0.632. The number of hydrogen-bond donors (Lipinski definition) is 2. The summed E-state index contributed by atoms with van der Waals surface area (Å²) in [6.07, 6.45) is 6.14. The number of fused-ring (bicyclic) bond motifs is 3. The van der Waals surface area contributed by atoms with Crippen LogP contribution in [0, 0.1) is 5.92 Å². The van der Waals surface area contributed by atoms with Gasteiger partial charge in [-0.25, -0.2) is 15.3 Å². The molecule has 7 nitrogen and oxygen atoms in total. The van der Waals surface area contributed by atoms with Crippen LogP contribution in [0.3, 0.4) is 0 Å². The largest absolute Gasteiger partial charge is 0.350 e. The Labute approximate surface area is 161 Å². The lowest BCUT2D eigenvalue weighted by Crippen LogP contribution is -2.33. The molecule has 0 radical (unpaired) electrons. The van der Waals surface area contributed by atoms with Gasteiger partial charge in [-0.1, -0.05) is 6.92 Å². The number of aromatic nitrogens is 2. The second-order valence-corrected chi connectivity index (χ2v) is 8.57. The third kappa shape index (κ3) is 4.23. The van der Waals surface area contributed by atoms with Crippen LogP contribution < -0.4 is 11.0 Å². The van der Waals surface area contributed by atoms with Gasteiger partial charge < -0.3 is 9.72 Å². The third-order valence-electron chi connectivity index (χ3n) is 5.25. The first-order chi connectivity index (χ1) is 13.1. The van der Waals surface area contributed by atoms with Crippen molar-refractivity contribution < 1.29 is 14.4 Å². The Bertz CT molecular complexity index is 885. The topological polar surface area (TPSA) is 93.3 Å². The molecule has 8 heteroatoms. The molecule has 0 aromatic carbocycles. The van der Waals surface area contributed by atoms with Gasteiger partial charge in [0.1, 0.15) is 10.7 Å². The van der Waals surface area contributed by atoms with E-state index in [1.165, 1.54) is 10.4 Å². The van der Waals surface area contributed by atoms with Gasteiger partial charge in [0.15, 0.2) is 6.29 Å². The Morgan fingerprint density at radius 2 is 2.30 bits per heavy atom. The first-order valence-corrected chi connectivity index (χ1v) is 10.5. The van der Waals surface area contributed by atoms with E-state index in [0.29, 0.717) is 24.8 Å². The minimum Gasteiger partial charge on any atom is -0.350 e. The number of rotatable bonds is 5. The summed E-state index contributed by atoms with van der Waals surface area (Å²) >= 11 is 1.62. The molecule has 146 valence electrons. The first-order valence-electron chi connectivity index (χ1n) is 9.69. The van der Waals surface area contributed by atoms with E-state index in [2.05, 4.69) is 22.4 Å². The van der Waals surface area contributed by atoms with E-state index in [1.807, 2.05) is 0 Å². The van der Waals surface area contributed by atoms with Gasteiger partial charge in [0.2, 0.25) is 5.91 Å². The third-order valence-corrected chi connectivity index (χ3v) is 6.39. The summed E-state index contributed by atoms with van der Waals surface area (Å²) in [5.74, 6) is 0.954. The molecule has 3 heterocycles. The second-order valence-electron chi connectivity index (χ2n) is 7.48. The molecule has 27 heavy (non-hydrogen) atoms. The molecule has 0 saturated carbocycles. The van der Waals surface area contributed by atoms with Gasteiger partial charge in [0, 0.05) is 30.7 Å². The van der Waals surface area contributed by atoms with E-state index < -0.39 is 0 Å². The van der Waals surface area contributed by atoms with Gasteiger partial charge in [-0.15, -0.1) is 11.3 Å². The van der Waals surface area contributed by atoms with E-state index in [0.717, 1.165) is 48.7 Å². The standard InChI is InChI=1S/C19H25N3O4S/c1-11-5-6-12-13(10-11)27-19-17(12)18(24)20-14(21-19)7-8-15(23)22-26-16-4-2-3-9-25-16/h11,16H,2-10H2,1H3,(H,22,23)(H,20,21,24)/t11-,16-/m0/s1. The number of amides is 1. The van der Waals surface area contributed by atoms with Crippen molar-refractivity contribution in [2.45, 2.75) is 64.6 Å². The predicted octanol–water partition coefficient (Wildman–Crippen LogP) is 2.62. The van der Waals surface area contributed by atoms with Crippen molar-refractivity contribution in [1.29, 1.82) is 0 Å². The van der Waals surface area contributed by atoms with Crippen molar-refractivity contribution in [3.8, 4) is 0 Å². The smallest absolute Gasteiger partial charge is 0.259 e. The number of nitrogens with zero attached hydrogens (tertiary/aromatic N) is 1. The second kappa shape index (κ2) is 8.08. The minimum atomic E-state index is -0.364. The van der Waals surface area contributed by atoms with Crippen LogP contribution >= 0.6 is 11.3 Å². The molecule has 1 saturated heterocycles. The molecule has 1 aliphatic carbocycles. The number of carbonyl (C=O) groups excluding carboxylic acids is 1. The molecule has 0 unspecified atom stereocenters. The van der Waals surface area contributed by atoms with Crippen LogP contribution in [0.4, 0.5) is 0 Å². The zero-order valence-electron chi connectivity index (χ0n) is 15.5. The highest BCUT2D eigenvalue weighted by atomic mass is 32.1. The van der Waals surface area contributed by atoms with Crippen LogP contribution in [0.15, 0.2) is 4.79 Å². The highest BCUT2D eigenvalue weighted by Gasteiger charge is 2.23. The van der Waals surface area contributed by atoms with Crippen LogP contribution in [0.25, 0.3) is 10.2 Å². The number of H-pyrrole nitrogens is 1. The summed E-state index contributed by atoms with van der Waals surface area (Å²) in [7, 11) is 0. The number of aromatic amines is 1. The lowest BCUT2D eigenvalue weighted by atomic mass is 9.89. The average molecular weight is 391 g/mol. The predicted molar refractivity (Wildman–Crippen MR) is 103 cm³/mol. The normalized spacial score (nSPS) is 22.6. The van der Waals surface area contributed by atoms with Crippen LogP contribution in [0.5, 0.6) is 0 Å². The number of ether oxygens (including phenoxy) is 1. The molecule has 1 aliphatic heterocycles. The van der Waals surface area contributed by atoms with Crippen molar-refractivity contribution in [2.75, 3.05) is 6.61 Å². The first kappa shape index (κ1) is 18.6. The van der Waals surface area contributed by atoms with E-state index in [-0.39, 0.29) is 24.2 Å². The average Bonchev–Trinajstić information content (AvgIpc) is 3.03. The van der Waals surface area contributed by atoms with Crippen molar-refractivity contribution in [2.24, 2.45) is 5.92 Å². The Hall–Kier alpha value is -1.77. The van der Waals surface area contributed by atoms with Crippen LogP contribution in [0.2, 0.25) is 0 Å². The zero-order chi connectivity index (χ0) is 18.8. The summed E-state index contributed by atoms with van der Waals surface area (Å²) in [5.41, 5.74) is 3.52. The monoisotopic (exact) mass is 391 g/mol. The Balaban J connectivity index is 1.39. The number of thiophene rings is 1. The number of aryl methyl sites for hydroxylation is 2. The maximum Gasteiger partial charge on any atom is 0.259 e. The lowest BCUT2D eigenvalue weighted by Gasteiger charge is -2.22. The molecular formula is C19H25N3O4S. The maximum absolute atomic E-state index is 12.6. The van der Waals surface area contributed by atoms with Gasteiger partial charge in [0.25, 0.3) is 5.56 Å². The molecule has 2 aromatic rings. The Morgan fingerprint density at radius 1 is 1.41 bits per heavy atom. The molecule has 2 N–H and O–H groups in total. The number of nitrogens with one attached hydrogen (secondary N) is 2. The van der Waals surface area contributed by atoms with Crippen LogP contribution in [-0.2, 0) is 33.6 Å². The SMILES string of the molecule is C[C@H]1CCc2c(sc3nc(CCC(=O)NO[C@H]4CCCCO4)[nH]c(=O)c23)C1. The van der Waals surface area contributed by atoms with Gasteiger partial charge in [-0.3, -0.25) is 9.59 Å². The zero-order valence-corrected chi connectivity index (χ0v) is 16.3. The van der Waals surface area contributed by atoms with Gasteiger partial charge in [-0.05, 0) is 43.6 Å². The van der Waals surface area contributed by atoms with E-state index in [1.54, 1.807) is 11.3 Å². The summed E-state index contributed by atoms with van der Waals surface area (Å²) < 4.78 is 5.41. The molecule has 1 amide bonds. The number of carbonyl (C=O) groups is 1. The van der Waals surface area contributed by atoms with Gasteiger partial charge >= 0.3 is 0 Å². The van der Waals surface area contributed by atoms with Crippen molar-refractivity contribution in [3.63, 3.8) is 0 Å². The number of hydroxylamine groups is 1. The molecule has 2 aliphatic rings. The van der Waals surface area contributed by atoms with Crippen molar-refractivity contribution in [3.05, 3.63) is 26.6 Å². The van der Waals surface area contributed by atoms with E-state index in [9.17, 15) is 9.59 Å². The minimum absolute atomic E-state index is 0.0886. The highest BCUT2D eigenvalue weighted by molar-refractivity contribution is 7.18. The van der Waals surface area contributed by atoms with E-state index >= 15 is 0 Å². The summed E-state index contributed by atoms with van der Waals surface area (Å²) in [5, 5.41) is 0.743. The Kier molecular flexibility index (Phi) is 5.56. The maximum atomic E-state index is 12.6. The molecule has 0 spiro atoms. The summed E-state index contributed by atoms with van der Waals surface area (Å²) in [6.45, 7) is 2.91. The van der Waals surface area contributed by atoms with Crippen LogP contribution in [0.1, 0.15) is 55.3 Å². The fourth-order valence-corrected chi connectivity index (χ4v) is 5.13.